The molecule has 1 saturated heterocycles. The highest BCUT2D eigenvalue weighted by Crippen LogP contribution is 2.30. The highest BCUT2D eigenvalue weighted by atomic mass is 32.2. The lowest BCUT2D eigenvalue weighted by molar-refractivity contribution is -0.126. The number of hydrogen-bond acceptors (Lipinski definition) is 7. The maximum atomic E-state index is 14.1. The van der Waals surface area contributed by atoms with Crippen molar-refractivity contribution in [3.05, 3.63) is 85.5 Å². The van der Waals surface area contributed by atoms with Crippen molar-refractivity contribution >= 4 is 38.3 Å². The van der Waals surface area contributed by atoms with Crippen LogP contribution in [0.4, 0.5) is 20.3 Å². The van der Waals surface area contributed by atoms with E-state index in [4.69, 9.17) is 0 Å². The van der Waals surface area contributed by atoms with E-state index in [1.54, 1.807) is 17.2 Å². The minimum atomic E-state index is -4.32. The number of halogens is 2. The van der Waals surface area contributed by atoms with Crippen LogP contribution >= 0.6 is 0 Å². The van der Waals surface area contributed by atoms with Crippen molar-refractivity contribution in [2.24, 2.45) is 0 Å². The molecule has 4 aromatic rings. The summed E-state index contributed by atoms with van der Waals surface area (Å²) in [6.07, 6.45) is 5.66. The molecule has 1 fully saturated rings. The highest BCUT2D eigenvalue weighted by Gasteiger charge is 2.23. The highest BCUT2D eigenvalue weighted by molar-refractivity contribution is 7.92. The molecule has 5 rings (SSSR count). The van der Waals surface area contributed by atoms with Crippen LogP contribution in [-0.4, -0.2) is 60.4 Å². The zero-order valence-electron chi connectivity index (χ0n) is 20.0. The van der Waals surface area contributed by atoms with Gasteiger partial charge in [-0.2, -0.15) is 0 Å². The number of nitrogens with one attached hydrogen (secondary N) is 1. The zero-order valence-corrected chi connectivity index (χ0v) is 20.8. The molecular formula is C26H22F2N6O3S. The average molecular weight is 537 g/mol. The van der Waals surface area contributed by atoms with Crippen LogP contribution in [0.5, 0.6) is 0 Å². The Labute approximate surface area is 217 Å². The smallest absolute Gasteiger partial charge is 0.264 e. The molecule has 1 N–H and O–H groups in total. The standard InChI is InChI=1S/C26H22F2N6O3S/c1-2-25(35)33-7-9-34(10-8-33)26-21-12-17(3-5-23(21)30-16-31-26)18-11-20(15-29-14-18)32-38(36,37)24-6-4-19(27)13-22(24)28/h2-6,11-16,32H,1,7-10H2. The van der Waals surface area contributed by atoms with E-state index in [1.165, 1.54) is 18.6 Å². The Morgan fingerprint density at radius 2 is 1.76 bits per heavy atom. The van der Waals surface area contributed by atoms with Crippen LogP contribution in [0.1, 0.15) is 0 Å². The van der Waals surface area contributed by atoms with E-state index < -0.39 is 26.6 Å². The maximum absolute atomic E-state index is 14.1. The van der Waals surface area contributed by atoms with Gasteiger partial charge in [-0.25, -0.2) is 27.2 Å². The number of anilines is 2. The van der Waals surface area contributed by atoms with Crippen LogP contribution in [0.2, 0.25) is 0 Å². The van der Waals surface area contributed by atoms with Crippen molar-refractivity contribution in [1.82, 2.24) is 19.9 Å². The van der Waals surface area contributed by atoms with Gasteiger partial charge >= 0.3 is 0 Å². The second kappa shape index (κ2) is 10.1. The van der Waals surface area contributed by atoms with E-state index in [1.807, 2.05) is 18.2 Å². The molecule has 1 aliphatic heterocycles. The Morgan fingerprint density at radius 3 is 2.50 bits per heavy atom. The number of amides is 1. The fourth-order valence-corrected chi connectivity index (χ4v) is 5.39. The van der Waals surface area contributed by atoms with Crippen LogP contribution in [0.25, 0.3) is 22.0 Å². The number of hydrogen-bond donors (Lipinski definition) is 1. The third kappa shape index (κ3) is 5.02. The number of pyridine rings is 1. The normalized spacial score (nSPS) is 13.9. The molecule has 0 aliphatic carbocycles. The van der Waals surface area contributed by atoms with Gasteiger partial charge < -0.3 is 9.80 Å². The number of aromatic nitrogens is 3. The van der Waals surface area contributed by atoms with Crippen LogP contribution in [0.15, 0.2) is 78.7 Å². The van der Waals surface area contributed by atoms with Gasteiger partial charge in [0.15, 0.2) is 0 Å². The van der Waals surface area contributed by atoms with Gasteiger partial charge in [0.2, 0.25) is 5.91 Å². The predicted octanol–water partition coefficient (Wildman–Crippen LogP) is 3.61. The summed E-state index contributed by atoms with van der Waals surface area (Å²) in [5, 5.41) is 0.785. The monoisotopic (exact) mass is 536 g/mol. The van der Waals surface area contributed by atoms with E-state index in [9.17, 15) is 22.0 Å². The molecule has 1 aliphatic rings. The third-order valence-electron chi connectivity index (χ3n) is 6.19. The first-order valence-corrected chi connectivity index (χ1v) is 13.1. The second-order valence-corrected chi connectivity index (χ2v) is 10.2. The van der Waals surface area contributed by atoms with Crippen molar-refractivity contribution in [2.75, 3.05) is 35.8 Å². The molecule has 0 unspecified atom stereocenters. The molecule has 2 aromatic heterocycles. The van der Waals surface area contributed by atoms with Crippen molar-refractivity contribution in [1.29, 1.82) is 0 Å². The number of carbonyl (C=O) groups excluding carboxylic acids is 1. The Morgan fingerprint density at radius 1 is 0.974 bits per heavy atom. The molecule has 0 bridgehead atoms. The Kier molecular flexibility index (Phi) is 6.72. The number of rotatable bonds is 6. The van der Waals surface area contributed by atoms with E-state index in [0.717, 1.165) is 34.4 Å². The lowest BCUT2D eigenvalue weighted by Crippen LogP contribution is -2.48. The van der Waals surface area contributed by atoms with Gasteiger partial charge in [-0.3, -0.25) is 14.5 Å². The summed E-state index contributed by atoms with van der Waals surface area (Å²) in [6, 6.07) is 9.36. The Hall–Kier alpha value is -4.45. The van der Waals surface area contributed by atoms with Crippen LogP contribution in [-0.2, 0) is 14.8 Å². The molecule has 0 saturated carbocycles. The summed E-state index contributed by atoms with van der Waals surface area (Å²) >= 11 is 0. The van der Waals surface area contributed by atoms with Gasteiger partial charge in [0.1, 0.15) is 28.7 Å². The van der Waals surface area contributed by atoms with Gasteiger partial charge in [0.25, 0.3) is 10.0 Å². The number of benzene rings is 2. The van der Waals surface area contributed by atoms with E-state index in [-0.39, 0.29) is 11.6 Å². The van der Waals surface area contributed by atoms with Crippen LogP contribution in [0, 0.1) is 11.6 Å². The van der Waals surface area contributed by atoms with Crippen molar-refractivity contribution in [3.63, 3.8) is 0 Å². The first-order chi connectivity index (χ1) is 18.2. The molecule has 3 heterocycles. The van der Waals surface area contributed by atoms with E-state index >= 15 is 0 Å². The predicted molar refractivity (Wildman–Crippen MR) is 139 cm³/mol. The summed E-state index contributed by atoms with van der Waals surface area (Å²) in [6.45, 7) is 5.80. The Balaban J connectivity index is 1.43. The number of piperazine rings is 1. The summed E-state index contributed by atoms with van der Waals surface area (Å²) in [5.74, 6) is -1.46. The lowest BCUT2D eigenvalue weighted by atomic mass is 10.0. The maximum Gasteiger partial charge on any atom is 0.264 e. The SMILES string of the molecule is C=CC(=O)N1CCN(c2ncnc3ccc(-c4cncc(NS(=O)(=O)c5ccc(F)cc5F)c4)cc23)CC1. The van der Waals surface area contributed by atoms with Crippen molar-refractivity contribution in [3.8, 4) is 11.1 Å². The third-order valence-corrected chi connectivity index (χ3v) is 7.60. The Bertz CT molecular complexity index is 1660. The molecule has 1 amide bonds. The fraction of sp³-hybridized carbons (Fsp3) is 0.154. The largest absolute Gasteiger partial charge is 0.352 e. The molecule has 0 spiro atoms. The topological polar surface area (TPSA) is 108 Å². The molecule has 9 nitrogen and oxygen atoms in total. The first kappa shape index (κ1) is 25.2. The number of nitrogens with zero attached hydrogens (tertiary/aromatic N) is 5. The van der Waals surface area contributed by atoms with E-state index in [0.29, 0.717) is 37.8 Å². The molecule has 12 heteroatoms. The molecule has 38 heavy (non-hydrogen) atoms. The van der Waals surface area contributed by atoms with Crippen LogP contribution < -0.4 is 9.62 Å². The van der Waals surface area contributed by atoms with Gasteiger partial charge in [0.05, 0.1) is 17.4 Å². The summed E-state index contributed by atoms with van der Waals surface area (Å²) in [4.78, 5) is 28.1. The van der Waals surface area contributed by atoms with Gasteiger partial charge in [-0.15, -0.1) is 0 Å². The second-order valence-electron chi connectivity index (χ2n) is 8.59. The number of carbonyl (C=O) groups is 1. The molecular weight excluding hydrogens is 514 g/mol. The number of sulfonamides is 1. The molecule has 2 aromatic carbocycles. The average Bonchev–Trinajstić information content (AvgIpc) is 2.91. The van der Waals surface area contributed by atoms with Gasteiger partial charge in [-0.1, -0.05) is 12.6 Å². The zero-order chi connectivity index (χ0) is 26.9. The molecule has 0 radical (unpaired) electrons. The van der Waals surface area contributed by atoms with Crippen molar-refractivity contribution in [2.45, 2.75) is 4.90 Å². The van der Waals surface area contributed by atoms with Crippen molar-refractivity contribution < 1.29 is 22.0 Å². The minimum absolute atomic E-state index is 0.107. The van der Waals surface area contributed by atoms with Gasteiger partial charge in [0, 0.05) is 49.4 Å². The van der Waals surface area contributed by atoms with E-state index in [2.05, 4.69) is 31.2 Å². The minimum Gasteiger partial charge on any atom is -0.352 e. The van der Waals surface area contributed by atoms with Gasteiger partial charge in [-0.05, 0) is 42.0 Å². The summed E-state index contributed by atoms with van der Waals surface area (Å²) < 4.78 is 55.0. The summed E-state index contributed by atoms with van der Waals surface area (Å²) in [7, 11) is -4.32. The quantitative estimate of drug-likeness (QED) is 0.375. The molecule has 194 valence electrons. The lowest BCUT2D eigenvalue weighted by Gasteiger charge is -2.35. The number of fused-ring (bicyclic) bond motifs is 1. The first-order valence-electron chi connectivity index (χ1n) is 11.6. The fourth-order valence-electron chi connectivity index (χ4n) is 4.30. The summed E-state index contributed by atoms with van der Waals surface area (Å²) in [5.41, 5.74) is 2.16. The molecule has 0 atom stereocenters. The van der Waals surface area contributed by atoms with Crippen LogP contribution in [0.3, 0.4) is 0 Å².